The summed E-state index contributed by atoms with van der Waals surface area (Å²) in [6.45, 7) is 5.67. The van der Waals surface area contributed by atoms with E-state index in [2.05, 4.69) is 10.4 Å². The molecule has 0 aliphatic heterocycles. The summed E-state index contributed by atoms with van der Waals surface area (Å²) in [7, 11) is 0. The quantitative estimate of drug-likeness (QED) is 0.620. The van der Waals surface area contributed by atoms with E-state index in [0.29, 0.717) is 15.7 Å². The number of aromatic nitrogens is 2. The maximum absolute atomic E-state index is 12.6. The highest BCUT2D eigenvalue weighted by molar-refractivity contribution is 8.00. The fourth-order valence-corrected chi connectivity index (χ4v) is 3.59. The first kappa shape index (κ1) is 20.2. The number of carbonyl (C=O) groups excluding carboxylic acids is 1. The van der Waals surface area contributed by atoms with Crippen molar-refractivity contribution in [1.82, 2.24) is 9.78 Å². The Balaban J connectivity index is 1.75. The summed E-state index contributed by atoms with van der Waals surface area (Å²) in [6, 6.07) is 16.0. The molecule has 144 valence electrons. The number of nitrogens with one attached hydrogen (secondary N) is 1. The summed E-state index contributed by atoms with van der Waals surface area (Å²) in [4.78, 5) is 24.7. The number of benzene rings is 2. The van der Waals surface area contributed by atoms with Gasteiger partial charge in [-0.15, -0.1) is 0 Å². The van der Waals surface area contributed by atoms with Gasteiger partial charge in [-0.3, -0.25) is 9.59 Å². The Bertz CT molecular complexity index is 1060. The van der Waals surface area contributed by atoms with Gasteiger partial charge in [0.1, 0.15) is 5.03 Å². The lowest BCUT2D eigenvalue weighted by Gasteiger charge is -2.14. The third-order valence-corrected chi connectivity index (χ3v) is 5.43. The molecule has 1 aromatic heterocycles. The number of nitrogens with zero attached hydrogens (tertiary/aromatic N) is 2. The van der Waals surface area contributed by atoms with E-state index in [1.165, 1.54) is 22.5 Å². The van der Waals surface area contributed by atoms with E-state index in [1.54, 1.807) is 31.2 Å². The zero-order valence-corrected chi connectivity index (χ0v) is 17.3. The highest BCUT2D eigenvalue weighted by Gasteiger charge is 2.17. The predicted octanol–water partition coefficient (Wildman–Crippen LogP) is 4.62. The van der Waals surface area contributed by atoms with E-state index in [-0.39, 0.29) is 11.5 Å². The largest absolute Gasteiger partial charge is 0.325 e. The zero-order chi connectivity index (χ0) is 20.3. The Morgan fingerprint density at radius 2 is 1.82 bits per heavy atom. The number of thioether (sulfide) groups is 1. The van der Waals surface area contributed by atoms with Crippen molar-refractivity contribution < 1.29 is 4.79 Å². The van der Waals surface area contributed by atoms with E-state index in [0.717, 1.165) is 16.8 Å². The number of halogens is 1. The molecule has 3 rings (SSSR count). The Morgan fingerprint density at radius 3 is 2.50 bits per heavy atom. The predicted molar refractivity (Wildman–Crippen MR) is 115 cm³/mol. The van der Waals surface area contributed by atoms with Crippen LogP contribution in [0.1, 0.15) is 18.1 Å². The zero-order valence-electron chi connectivity index (χ0n) is 15.8. The van der Waals surface area contributed by atoms with Crippen LogP contribution in [-0.2, 0) is 4.79 Å². The number of amides is 1. The van der Waals surface area contributed by atoms with Crippen molar-refractivity contribution in [3.63, 3.8) is 0 Å². The Morgan fingerprint density at radius 1 is 1.11 bits per heavy atom. The molecule has 0 saturated carbocycles. The van der Waals surface area contributed by atoms with Gasteiger partial charge in [0, 0.05) is 16.8 Å². The van der Waals surface area contributed by atoms with E-state index in [9.17, 15) is 9.59 Å². The molecule has 0 radical (unpaired) electrons. The van der Waals surface area contributed by atoms with Crippen LogP contribution >= 0.6 is 23.4 Å². The summed E-state index contributed by atoms with van der Waals surface area (Å²) < 4.78 is 1.34. The first-order chi connectivity index (χ1) is 13.3. The average molecular weight is 414 g/mol. The van der Waals surface area contributed by atoms with Crippen LogP contribution in [0.15, 0.2) is 64.4 Å². The second-order valence-corrected chi connectivity index (χ2v) is 8.26. The van der Waals surface area contributed by atoms with Crippen LogP contribution in [0.2, 0.25) is 5.02 Å². The molecule has 5 nitrogen and oxygen atoms in total. The standard InChI is InChI=1S/C21H20ClN3O2S/c1-13-4-7-17(8-5-13)25-20(26)11-10-19(24-25)28-15(3)21(27)23-18-9-6-16(22)12-14(18)2/h4-12,15H,1-3H3,(H,23,27)/t15-/m0/s1. The average Bonchev–Trinajstić information content (AvgIpc) is 2.66. The number of anilines is 1. The topological polar surface area (TPSA) is 64.0 Å². The third kappa shape index (κ3) is 4.82. The van der Waals surface area contributed by atoms with Crippen LogP contribution in [-0.4, -0.2) is 20.9 Å². The normalized spacial score (nSPS) is 11.9. The molecule has 3 aromatic rings. The lowest BCUT2D eigenvalue weighted by atomic mass is 10.2. The fraction of sp³-hybridized carbons (Fsp3) is 0.190. The minimum atomic E-state index is -0.397. The minimum Gasteiger partial charge on any atom is -0.325 e. The fourth-order valence-electron chi connectivity index (χ4n) is 2.56. The van der Waals surface area contributed by atoms with Gasteiger partial charge in [-0.05, 0) is 62.7 Å². The molecule has 1 amide bonds. The Hall–Kier alpha value is -2.57. The van der Waals surface area contributed by atoms with Crippen LogP contribution < -0.4 is 10.9 Å². The van der Waals surface area contributed by atoms with Crippen molar-refractivity contribution >= 4 is 35.0 Å². The van der Waals surface area contributed by atoms with Crippen molar-refractivity contribution in [3.05, 3.63) is 81.1 Å². The van der Waals surface area contributed by atoms with Crippen molar-refractivity contribution in [1.29, 1.82) is 0 Å². The number of aryl methyl sites for hydroxylation is 2. The van der Waals surface area contributed by atoms with E-state index in [1.807, 2.05) is 38.1 Å². The first-order valence-electron chi connectivity index (χ1n) is 8.74. The van der Waals surface area contributed by atoms with Crippen LogP contribution in [0, 0.1) is 13.8 Å². The third-order valence-electron chi connectivity index (χ3n) is 4.17. The highest BCUT2D eigenvalue weighted by Crippen LogP contribution is 2.24. The van der Waals surface area contributed by atoms with Gasteiger partial charge < -0.3 is 5.32 Å². The maximum Gasteiger partial charge on any atom is 0.271 e. The molecule has 0 bridgehead atoms. The van der Waals surface area contributed by atoms with E-state index < -0.39 is 5.25 Å². The van der Waals surface area contributed by atoms with Gasteiger partial charge >= 0.3 is 0 Å². The molecule has 28 heavy (non-hydrogen) atoms. The van der Waals surface area contributed by atoms with Gasteiger partial charge in [0.25, 0.3) is 5.56 Å². The minimum absolute atomic E-state index is 0.148. The molecular formula is C21H20ClN3O2S. The molecule has 0 unspecified atom stereocenters. The van der Waals surface area contributed by atoms with Crippen molar-refractivity contribution in [2.75, 3.05) is 5.32 Å². The summed E-state index contributed by atoms with van der Waals surface area (Å²) in [6.07, 6.45) is 0. The van der Waals surface area contributed by atoms with Crippen LogP contribution in [0.5, 0.6) is 0 Å². The molecule has 0 aliphatic carbocycles. The van der Waals surface area contributed by atoms with Crippen molar-refractivity contribution in [2.45, 2.75) is 31.0 Å². The number of hydrogen-bond donors (Lipinski definition) is 1. The van der Waals surface area contributed by atoms with E-state index in [4.69, 9.17) is 11.6 Å². The molecule has 0 aliphatic rings. The lowest BCUT2D eigenvalue weighted by Crippen LogP contribution is -2.24. The van der Waals surface area contributed by atoms with Gasteiger partial charge in [-0.2, -0.15) is 9.78 Å². The molecule has 7 heteroatoms. The van der Waals surface area contributed by atoms with Crippen LogP contribution in [0.25, 0.3) is 5.69 Å². The van der Waals surface area contributed by atoms with Crippen molar-refractivity contribution in [3.8, 4) is 5.69 Å². The maximum atomic E-state index is 12.6. The first-order valence-corrected chi connectivity index (χ1v) is 10.0. The summed E-state index contributed by atoms with van der Waals surface area (Å²) in [5, 5.41) is 8.13. The summed E-state index contributed by atoms with van der Waals surface area (Å²) in [5.41, 5.74) is 3.18. The Kier molecular flexibility index (Phi) is 6.21. The molecular weight excluding hydrogens is 394 g/mol. The van der Waals surface area contributed by atoms with E-state index >= 15 is 0 Å². The number of carbonyl (C=O) groups is 1. The monoisotopic (exact) mass is 413 g/mol. The Labute approximate surface area is 172 Å². The van der Waals surface area contributed by atoms with Gasteiger partial charge in [0.2, 0.25) is 5.91 Å². The summed E-state index contributed by atoms with van der Waals surface area (Å²) in [5.74, 6) is -0.148. The van der Waals surface area contributed by atoms with Gasteiger partial charge in [0.05, 0.1) is 10.9 Å². The molecule has 1 heterocycles. The van der Waals surface area contributed by atoms with Crippen molar-refractivity contribution in [2.24, 2.45) is 0 Å². The molecule has 0 spiro atoms. The highest BCUT2D eigenvalue weighted by atomic mass is 35.5. The van der Waals surface area contributed by atoms with Gasteiger partial charge in [-0.25, -0.2) is 0 Å². The lowest BCUT2D eigenvalue weighted by molar-refractivity contribution is -0.115. The SMILES string of the molecule is Cc1ccc(-n2nc(S[C@@H](C)C(=O)Nc3ccc(Cl)cc3C)ccc2=O)cc1. The molecule has 0 saturated heterocycles. The second kappa shape index (κ2) is 8.63. The number of hydrogen-bond acceptors (Lipinski definition) is 4. The molecule has 1 atom stereocenters. The molecule has 1 N–H and O–H groups in total. The smallest absolute Gasteiger partial charge is 0.271 e. The van der Waals surface area contributed by atoms with Gasteiger partial charge in [-0.1, -0.05) is 41.1 Å². The number of rotatable bonds is 5. The van der Waals surface area contributed by atoms with Gasteiger partial charge in [0.15, 0.2) is 0 Å². The van der Waals surface area contributed by atoms with Crippen LogP contribution in [0.3, 0.4) is 0 Å². The second-order valence-electron chi connectivity index (χ2n) is 6.47. The molecule has 0 fully saturated rings. The van der Waals surface area contributed by atoms with Crippen LogP contribution in [0.4, 0.5) is 5.69 Å². The summed E-state index contributed by atoms with van der Waals surface area (Å²) >= 11 is 7.25. The molecule has 2 aromatic carbocycles.